The molecule has 0 radical (unpaired) electrons. The van der Waals surface area contributed by atoms with Gasteiger partial charge in [0.15, 0.2) is 5.82 Å². The highest BCUT2D eigenvalue weighted by atomic mass is 35.5. The van der Waals surface area contributed by atoms with Crippen LogP contribution in [0, 0.1) is 35.9 Å². The molecule has 0 unspecified atom stereocenters. The molecule has 3 aromatic heterocycles. The molecule has 3 aromatic carbocycles. The van der Waals surface area contributed by atoms with Gasteiger partial charge in [-0.15, -0.1) is 0 Å². The number of halogens is 3. The number of fused-ring (bicyclic) bond motifs is 5. The molecule has 54 heavy (non-hydrogen) atoms. The number of nitriles is 1. The number of ether oxygens (including phenoxy) is 1. The average Bonchev–Trinajstić information content (AvgIpc) is 3.60. The first kappa shape index (κ1) is 34.4. The van der Waals surface area contributed by atoms with Crippen molar-refractivity contribution in [1.29, 1.82) is 5.26 Å². The van der Waals surface area contributed by atoms with Crippen molar-refractivity contribution < 1.29 is 13.9 Å². The van der Waals surface area contributed by atoms with Crippen LogP contribution in [0.2, 0.25) is 10.0 Å². The molecular weight excluding hydrogens is 742 g/mol. The number of nitrogens with one attached hydrogen (secondary N) is 1. The van der Waals surface area contributed by atoms with Gasteiger partial charge in [0.1, 0.15) is 5.52 Å². The van der Waals surface area contributed by atoms with Crippen molar-refractivity contribution in [2.45, 2.75) is 76.3 Å². The van der Waals surface area contributed by atoms with Gasteiger partial charge in [-0.05, 0) is 79.9 Å². The minimum Gasteiger partial charge on any atom is -0.370 e. The lowest BCUT2D eigenvalue weighted by molar-refractivity contribution is -0.134. The predicted octanol–water partition coefficient (Wildman–Crippen LogP) is 9.48. The van der Waals surface area contributed by atoms with E-state index in [0.717, 1.165) is 58.2 Å². The summed E-state index contributed by atoms with van der Waals surface area (Å²) in [5.41, 5.74) is 5.34. The van der Waals surface area contributed by atoms with E-state index in [2.05, 4.69) is 39.1 Å². The van der Waals surface area contributed by atoms with Crippen LogP contribution in [0.5, 0.6) is 0 Å². The fourth-order valence-corrected chi connectivity index (χ4v) is 10.5. The molecule has 1 N–H and O–H groups in total. The first-order chi connectivity index (χ1) is 26.3. The summed E-state index contributed by atoms with van der Waals surface area (Å²) in [6.07, 6.45) is 3.92. The molecule has 6 aromatic rings. The molecule has 6 heterocycles. The van der Waals surface area contributed by atoms with Gasteiger partial charge >= 0.3 is 0 Å². The maximum Gasteiger partial charge on any atom is 0.226 e. The number of carbonyl (C=O) groups excluding carboxylic acids is 1. The summed E-state index contributed by atoms with van der Waals surface area (Å²) in [4.78, 5) is 21.1. The second-order valence-corrected chi connectivity index (χ2v) is 16.9. The monoisotopic (exact) mass is 778 g/mol. The molecule has 5 aliphatic rings. The molecule has 8 nitrogen and oxygen atoms in total. The predicted molar refractivity (Wildman–Crippen MR) is 210 cm³/mol. The third kappa shape index (κ3) is 5.46. The summed E-state index contributed by atoms with van der Waals surface area (Å²) >= 11 is 14.6. The van der Waals surface area contributed by atoms with Crippen molar-refractivity contribution >= 4 is 72.5 Å². The number of hydrogen-bond donors (Lipinski definition) is 1. The Morgan fingerprint density at radius 1 is 1.11 bits per heavy atom. The number of aromatic nitrogens is 3. The molecule has 12 heteroatoms. The number of amides is 1. The van der Waals surface area contributed by atoms with E-state index in [0.29, 0.717) is 64.7 Å². The third-order valence-corrected chi connectivity index (χ3v) is 13.8. The molecule has 5 atom stereocenters. The Morgan fingerprint density at radius 3 is 2.74 bits per heavy atom. The lowest BCUT2D eigenvalue weighted by atomic mass is 9.79. The van der Waals surface area contributed by atoms with Gasteiger partial charge in [-0.2, -0.15) is 9.64 Å². The minimum absolute atomic E-state index is 0.0471. The van der Waals surface area contributed by atoms with Gasteiger partial charge in [0.25, 0.3) is 0 Å². The van der Waals surface area contributed by atoms with Gasteiger partial charge in [0.2, 0.25) is 5.91 Å². The topological polar surface area (TPSA) is 96.1 Å². The largest absolute Gasteiger partial charge is 0.370 e. The molecule has 11 rings (SSSR count). The van der Waals surface area contributed by atoms with E-state index < -0.39 is 5.82 Å². The molecule has 2 saturated carbocycles. The van der Waals surface area contributed by atoms with Crippen molar-refractivity contribution in [3.8, 4) is 17.2 Å². The maximum atomic E-state index is 17.2. The van der Waals surface area contributed by atoms with Gasteiger partial charge in [0, 0.05) is 76.6 Å². The van der Waals surface area contributed by atoms with Gasteiger partial charge in [-0.1, -0.05) is 53.5 Å². The van der Waals surface area contributed by atoms with Crippen molar-refractivity contribution in [1.82, 2.24) is 24.1 Å². The van der Waals surface area contributed by atoms with E-state index >= 15 is 4.39 Å². The summed E-state index contributed by atoms with van der Waals surface area (Å²) in [5.74, 6) is 0.169. The van der Waals surface area contributed by atoms with Crippen LogP contribution in [0.15, 0.2) is 54.6 Å². The maximum absolute atomic E-state index is 17.2. The Labute approximate surface area is 326 Å². The molecule has 1 amide bonds. The third-order valence-electron chi connectivity index (χ3n) is 12.2. The highest BCUT2D eigenvalue weighted by Gasteiger charge is 2.51. The molecule has 274 valence electrons. The molecule has 3 saturated heterocycles. The Hall–Kier alpha value is -4.11. The quantitative estimate of drug-likeness (QED) is 0.157. The highest BCUT2D eigenvalue weighted by molar-refractivity contribution is 7.13. The van der Waals surface area contributed by atoms with Crippen LogP contribution in [0.1, 0.15) is 66.8 Å². The number of rotatable bonds is 9. The van der Waals surface area contributed by atoms with Crippen LogP contribution < -0.4 is 5.32 Å². The second-order valence-electron chi connectivity index (χ2n) is 15.4. The van der Waals surface area contributed by atoms with E-state index in [4.69, 9.17) is 37.3 Å². The number of pyridine rings is 1. The van der Waals surface area contributed by atoms with E-state index in [1.807, 2.05) is 25.1 Å². The van der Waals surface area contributed by atoms with Crippen LogP contribution in [0.25, 0.3) is 43.0 Å². The zero-order valence-electron chi connectivity index (χ0n) is 29.6. The zero-order valence-corrected chi connectivity index (χ0v) is 31.9. The summed E-state index contributed by atoms with van der Waals surface area (Å²) in [7, 11) is 0. The summed E-state index contributed by atoms with van der Waals surface area (Å²) in [5, 5.41) is 16.7. The van der Waals surface area contributed by atoms with Gasteiger partial charge in [0.05, 0.1) is 56.8 Å². The Balaban J connectivity index is 1.13. The number of nitrogens with zero attached hydrogens (tertiary/aromatic N) is 5. The van der Waals surface area contributed by atoms with E-state index in [1.165, 1.54) is 11.5 Å². The van der Waals surface area contributed by atoms with Gasteiger partial charge in [-0.3, -0.25) is 4.79 Å². The van der Waals surface area contributed by atoms with Crippen LogP contribution in [0.3, 0.4) is 0 Å². The molecular formula is C42H37Cl2FN6O2S. The second kappa shape index (κ2) is 13.3. The molecule has 2 aliphatic carbocycles. The van der Waals surface area contributed by atoms with Crippen LogP contribution in [-0.4, -0.2) is 50.0 Å². The van der Waals surface area contributed by atoms with Gasteiger partial charge in [-0.25, -0.2) is 9.37 Å². The number of hydrogen-bond acceptors (Lipinski definition) is 7. The average molecular weight is 780 g/mol. The van der Waals surface area contributed by atoms with Crippen molar-refractivity contribution in [2.75, 3.05) is 13.1 Å². The van der Waals surface area contributed by atoms with E-state index in [1.54, 1.807) is 18.2 Å². The molecule has 5 fully saturated rings. The zero-order chi connectivity index (χ0) is 36.8. The van der Waals surface area contributed by atoms with Crippen LogP contribution in [-0.2, 0) is 22.6 Å². The van der Waals surface area contributed by atoms with E-state index in [-0.39, 0.29) is 53.0 Å². The first-order valence-corrected chi connectivity index (χ1v) is 20.3. The Bertz CT molecular complexity index is 2550. The van der Waals surface area contributed by atoms with Crippen LogP contribution in [0.4, 0.5) is 4.39 Å². The van der Waals surface area contributed by atoms with Crippen molar-refractivity contribution in [3.63, 3.8) is 0 Å². The normalized spacial score (nSPS) is 23.5. The molecule has 0 spiro atoms. The van der Waals surface area contributed by atoms with Crippen molar-refractivity contribution in [3.05, 3.63) is 93.1 Å². The smallest absolute Gasteiger partial charge is 0.226 e. The number of aryl methyl sites for hydroxylation is 2. The number of carbonyl (C=O) groups is 1. The molecule has 3 aliphatic heterocycles. The lowest BCUT2D eigenvalue weighted by Crippen LogP contribution is -2.41. The lowest BCUT2D eigenvalue weighted by Gasteiger charge is -2.39. The van der Waals surface area contributed by atoms with Gasteiger partial charge < -0.3 is 19.5 Å². The Morgan fingerprint density at radius 2 is 1.96 bits per heavy atom. The summed E-state index contributed by atoms with van der Waals surface area (Å²) in [6, 6.07) is 20.1. The number of likely N-dealkylation sites (tertiary alicyclic amines) is 1. The SMILES string of the molecule is Cc1nc2c(F)c(-c3cccc(Cl)c3Cl)c(CCC#N)cc2c2c1cc([C@H]1C[C@H](OCc3nsc4ccccc34)CN1C(=O)C1CC1)n2[C@H]1[C@H]2CN[C@@H]1C2. The molecule has 2 bridgehead atoms. The standard InChI is InChI=1S/C42H37Cl2FN6O2S/c1-21-28-17-34(33-16-25(19-50(33)42(52)22-11-12-22)53-20-32-26-7-2-3-10-35(26)54-49-32)51(40-24-15-31(40)47-18-24)41(28)29-14-23(6-5-13-46)36(38(45)39(29)48-21)27-8-4-9-30(43)37(27)44/h2-4,7-10,14,17,22,24-25,31,33,40,47H,5-6,11-12,15-16,18-20H2,1H3/t24-,25+,31-,33-,40+/m1/s1. The first-order valence-electron chi connectivity index (χ1n) is 18.8. The Kier molecular flexibility index (Phi) is 8.46. The van der Waals surface area contributed by atoms with E-state index in [9.17, 15) is 10.1 Å². The fourth-order valence-electron chi connectivity index (χ4n) is 9.34. The minimum atomic E-state index is -0.479. The van der Waals surface area contributed by atoms with Crippen LogP contribution >= 0.6 is 34.7 Å². The fraction of sp³-hybridized carbons (Fsp3) is 0.381. The highest BCUT2D eigenvalue weighted by Crippen LogP contribution is 2.51. The van der Waals surface area contributed by atoms with Crippen molar-refractivity contribution in [2.24, 2.45) is 11.8 Å². The number of benzene rings is 3. The summed E-state index contributed by atoms with van der Waals surface area (Å²) in [6.45, 7) is 3.74. The summed E-state index contributed by atoms with van der Waals surface area (Å²) < 4.78 is 32.1.